The zero-order valence-corrected chi connectivity index (χ0v) is 15.7. The maximum atomic E-state index is 12.1. The van der Waals surface area contributed by atoms with Gasteiger partial charge in [0.1, 0.15) is 0 Å². The maximum absolute atomic E-state index is 12.1. The molecule has 3 rings (SSSR count). The van der Waals surface area contributed by atoms with E-state index in [9.17, 15) is 9.59 Å². The number of benzene rings is 2. The van der Waals surface area contributed by atoms with Gasteiger partial charge in [-0.3, -0.25) is 4.79 Å². The monoisotopic (exact) mass is 378 g/mol. The van der Waals surface area contributed by atoms with E-state index in [4.69, 9.17) is 0 Å². The molecule has 2 aromatic carbocycles. The number of rotatable bonds is 5. The Morgan fingerprint density at radius 1 is 0.929 bits per heavy atom. The molecule has 0 atom stereocenters. The van der Waals surface area contributed by atoms with Gasteiger partial charge in [0.15, 0.2) is 5.78 Å². The Labute approximate surface area is 163 Å². The molecule has 0 bridgehead atoms. The fourth-order valence-corrected chi connectivity index (χ4v) is 2.55. The summed E-state index contributed by atoms with van der Waals surface area (Å²) in [5.41, 5.74) is 6.49. The standard InChI is InChI=1S/C20H22N6O2/c1-13(25-26-19-21-11-12-22-19)15-3-7-17(8-4-15)23-20(28)24-18-9-5-16(6-10-18)14(2)27/h3-10H,11-12H2,1-2H3,(H2,21,22,26)(H2,23,24,28)/b25-13-. The molecule has 0 radical (unpaired) electrons. The summed E-state index contributed by atoms with van der Waals surface area (Å²) in [6.45, 7) is 4.96. The predicted octanol–water partition coefficient (Wildman–Crippen LogP) is 2.81. The molecule has 4 N–H and O–H groups in total. The van der Waals surface area contributed by atoms with Gasteiger partial charge in [-0.15, -0.1) is 0 Å². The molecule has 8 nitrogen and oxygen atoms in total. The normalized spacial score (nSPS) is 13.4. The number of hydrazone groups is 1. The van der Waals surface area contributed by atoms with Crippen LogP contribution in [0, 0.1) is 0 Å². The number of hydrogen-bond donors (Lipinski definition) is 4. The van der Waals surface area contributed by atoms with Gasteiger partial charge >= 0.3 is 6.03 Å². The highest BCUT2D eigenvalue weighted by molar-refractivity contribution is 6.02. The Balaban J connectivity index is 1.55. The highest BCUT2D eigenvalue weighted by atomic mass is 16.2. The third-order valence-electron chi connectivity index (χ3n) is 4.11. The van der Waals surface area contributed by atoms with Crippen molar-refractivity contribution >= 4 is 34.9 Å². The number of anilines is 2. The molecule has 1 aliphatic rings. The van der Waals surface area contributed by atoms with E-state index in [1.807, 2.05) is 19.1 Å². The van der Waals surface area contributed by atoms with Crippen molar-refractivity contribution in [3.8, 4) is 0 Å². The van der Waals surface area contributed by atoms with Crippen molar-refractivity contribution in [3.63, 3.8) is 0 Å². The summed E-state index contributed by atoms with van der Waals surface area (Å²) < 4.78 is 0. The van der Waals surface area contributed by atoms with Crippen LogP contribution in [-0.4, -0.2) is 36.6 Å². The Morgan fingerprint density at radius 3 is 2.00 bits per heavy atom. The average Bonchev–Trinajstić information content (AvgIpc) is 3.20. The number of nitrogens with one attached hydrogen (secondary N) is 4. The molecule has 2 aromatic rings. The fraction of sp³-hybridized carbons (Fsp3) is 0.200. The molecule has 1 heterocycles. The molecule has 0 saturated carbocycles. The minimum Gasteiger partial charge on any atom is -0.353 e. The molecule has 0 aromatic heterocycles. The quantitative estimate of drug-likeness (QED) is 0.365. The number of guanidine groups is 1. The molecule has 0 spiro atoms. The minimum atomic E-state index is -0.360. The zero-order valence-electron chi connectivity index (χ0n) is 15.7. The third-order valence-corrected chi connectivity index (χ3v) is 4.11. The van der Waals surface area contributed by atoms with Crippen LogP contribution < -0.4 is 21.4 Å². The summed E-state index contributed by atoms with van der Waals surface area (Å²) in [7, 11) is 0. The van der Waals surface area contributed by atoms with E-state index in [1.54, 1.807) is 36.4 Å². The first-order valence-corrected chi connectivity index (χ1v) is 8.89. The first-order valence-electron chi connectivity index (χ1n) is 8.89. The first kappa shape index (κ1) is 19.1. The van der Waals surface area contributed by atoms with E-state index in [0.29, 0.717) is 22.9 Å². The second-order valence-corrected chi connectivity index (χ2v) is 6.26. The zero-order chi connectivity index (χ0) is 19.9. The Bertz CT molecular complexity index is 917. The molecule has 0 fully saturated rings. The van der Waals surface area contributed by atoms with Gasteiger partial charge in [-0.2, -0.15) is 5.10 Å². The van der Waals surface area contributed by atoms with Gasteiger partial charge < -0.3 is 16.0 Å². The average molecular weight is 378 g/mol. The SMILES string of the molecule is CC(=O)c1ccc(NC(=O)Nc2ccc(/C(C)=N\NC3=NCCN3)cc2)cc1. The summed E-state index contributed by atoms with van der Waals surface area (Å²) in [5, 5.41) is 12.9. The number of carbonyl (C=O) groups is 2. The molecular weight excluding hydrogens is 356 g/mol. The van der Waals surface area contributed by atoms with Gasteiger partial charge in [-0.25, -0.2) is 15.2 Å². The molecule has 144 valence electrons. The smallest absolute Gasteiger partial charge is 0.323 e. The van der Waals surface area contributed by atoms with Gasteiger partial charge in [-0.05, 0) is 55.8 Å². The number of amides is 2. The van der Waals surface area contributed by atoms with Crippen LogP contribution >= 0.6 is 0 Å². The molecular formula is C20H22N6O2. The van der Waals surface area contributed by atoms with E-state index in [-0.39, 0.29) is 11.8 Å². The predicted molar refractivity (Wildman–Crippen MR) is 111 cm³/mol. The summed E-state index contributed by atoms with van der Waals surface area (Å²) in [6, 6.07) is 13.7. The van der Waals surface area contributed by atoms with Crippen LogP contribution in [0.2, 0.25) is 0 Å². The van der Waals surface area contributed by atoms with Crippen LogP contribution in [0.5, 0.6) is 0 Å². The van der Waals surface area contributed by atoms with Gasteiger partial charge in [0.25, 0.3) is 0 Å². The number of nitrogens with zero attached hydrogens (tertiary/aromatic N) is 2. The van der Waals surface area contributed by atoms with Crippen molar-refractivity contribution in [3.05, 3.63) is 59.7 Å². The number of urea groups is 1. The lowest BCUT2D eigenvalue weighted by atomic mass is 10.1. The van der Waals surface area contributed by atoms with Crippen LogP contribution in [0.1, 0.15) is 29.8 Å². The summed E-state index contributed by atoms with van der Waals surface area (Å²) in [5.74, 6) is 0.656. The summed E-state index contributed by atoms with van der Waals surface area (Å²) >= 11 is 0. The number of Topliss-reactive ketones (excluding diaryl/α,β-unsaturated/α-hetero) is 1. The Hall–Kier alpha value is -3.68. The lowest BCUT2D eigenvalue weighted by Gasteiger charge is -2.09. The first-order chi connectivity index (χ1) is 13.5. The Kier molecular flexibility index (Phi) is 6.01. The van der Waals surface area contributed by atoms with Crippen molar-refractivity contribution in [1.82, 2.24) is 10.7 Å². The minimum absolute atomic E-state index is 0.0161. The number of ketones is 1. The van der Waals surface area contributed by atoms with Gasteiger partial charge in [0, 0.05) is 23.5 Å². The van der Waals surface area contributed by atoms with Gasteiger partial charge in [-0.1, -0.05) is 12.1 Å². The van der Waals surface area contributed by atoms with Crippen molar-refractivity contribution in [1.29, 1.82) is 0 Å². The largest absolute Gasteiger partial charge is 0.353 e. The topological polar surface area (TPSA) is 107 Å². The van der Waals surface area contributed by atoms with E-state index in [0.717, 1.165) is 24.4 Å². The highest BCUT2D eigenvalue weighted by Gasteiger charge is 2.06. The van der Waals surface area contributed by atoms with Crippen molar-refractivity contribution < 1.29 is 9.59 Å². The Morgan fingerprint density at radius 2 is 1.50 bits per heavy atom. The third kappa shape index (κ3) is 5.16. The van der Waals surface area contributed by atoms with Crippen LogP contribution in [0.15, 0.2) is 58.6 Å². The molecule has 1 aliphatic heterocycles. The van der Waals surface area contributed by atoms with Crippen molar-refractivity contribution in [2.24, 2.45) is 10.1 Å². The molecule has 0 aliphatic carbocycles. The molecule has 8 heteroatoms. The number of hydrogen-bond acceptors (Lipinski definition) is 6. The highest BCUT2D eigenvalue weighted by Crippen LogP contribution is 2.13. The van der Waals surface area contributed by atoms with Crippen LogP contribution in [-0.2, 0) is 0 Å². The van der Waals surface area contributed by atoms with Crippen molar-refractivity contribution in [2.45, 2.75) is 13.8 Å². The van der Waals surface area contributed by atoms with Crippen LogP contribution in [0.3, 0.4) is 0 Å². The van der Waals surface area contributed by atoms with Crippen molar-refractivity contribution in [2.75, 3.05) is 23.7 Å². The second-order valence-electron chi connectivity index (χ2n) is 6.26. The van der Waals surface area contributed by atoms with E-state index >= 15 is 0 Å². The van der Waals surface area contributed by atoms with Crippen LogP contribution in [0.25, 0.3) is 0 Å². The van der Waals surface area contributed by atoms with Gasteiger partial charge in [0.2, 0.25) is 5.96 Å². The number of aliphatic imine (C=N–C) groups is 1. The van der Waals surface area contributed by atoms with E-state index < -0.39 is 0 Å². The van der Waals surface area contributed by atoms with Crippen LogP contribution in [0.4, 0.5) is 16.2 Å². The van der Waals surface area contributed by atoms with Gasteiger partial charge in [0.05, 0.1) is 12.3 Å². The molecule has 0 unspecified atom stereocenters. The number of carbonyl (C=O) groups excluding carboxylic acids is 2. The molecule has 2 amide bonds. The lowest BCUT2D eigenvalue weighted by Crippen LogP contribution is -2.30. The summed E-state index contributed by atoms with van der Waals surface area (Å²) in [6.07, 6.45) is 0. The molecule has 28 heavy (non-hydrogen) atoms. The fourth-order valence-electron chi connectivity index (χ4n) is 2.55. The molecule has 0 saturated heterocycles. The summed E-state index contributed by atoms with van der Waals surface area (Å²) in [4.78, 5) is 27.6. The maximum Gasteiger partial charge on any atom is 0.323 e. The second kappa shape index (κ2) is 8.81. The van der Waals surface area contributed by atoms with E-state index in [2.05, 4.69) is 31.5 Å². The lowest BCUT2D eigenvalue weighted by molar-refractivity contribution is 0.101. The van der Waals surface area contributed by atoms with E-state index in [1.165, 1.54) is 6.92 Å².